The number of carbonyl (C=O) groups excluding carboxylic acids is 1. The molecule has 1 unspecified atom stereocenters. The molecular formula is C12H17N3OS2. The Morgan fingerprint density at radius 2 is 2.11 bits per heavy atom. The summed E-state index contributed by atoms with van der Waals surface area (Å²) in [6, 6.07) is 2.06. The third-order valence-corrected chi connectivity index (χ3v) is 4.18. The van der Waals surface area contributed by atoms with Gasteiger partial charge in [0.25, 0.3) is 0 Å². The molecule has 1 amide bonds. The van der Waals surface area contributed by atoms with Gasteiger partial charge in [0.2, 0.25) is 5.91 Å². The van der Waals surface area contributed by atoms with Crippen LogP contribution in [0.5, 0.6) is 0 Å². The van der Waals surface area contributed by atoms with Crippen LogP contribution in [0.2, 0.25) is 0 Å². The number of rotatable bonds is 3. The van der Waals surface area contributed by atoms with Crippen molar-refractivity contribution in [1.82, 2.24) is 9.80 Å². The van der Waals surface area contributed by atoms with E-state index in [-0.39, 0.29) is 11.9 Å². The molecule has 1 aliphatic rings. The zero-order valence-corrected chi connectivity index (χ0v) is 12.0. The van der Waals surface area contributed by atoms with Crippen LogP contribution in [0.1, 0.15) is 18.5 Å². The van der Waals surface area contributed by atoms with E-state index in [1.165, 1.54) is 0 Å². The van der Waals surface area contributed by atoms with Crippen LogP contribution in [-0.4, -0.2) is 46.9 Å². The smallest absolute Gasteiger partial charge is 0.219 e. The van der Waals surface area contributed by atoms with Gasteiger partial charge in [-0.05, 0) is 22.4 Å². The fraction of sp³-hybridized carbons (Fsp3) is 0.500. The van der Waals surface area contributed by atoms with Crippen molar-refractivity contribution in [3.05, 3.63) is 22.4 Å². The summed E-state index contributed by atoms with van der Waals surface area (Å²) >= 11 is 6.84. The molecule has 0 saturated carbocycles. The van der Waals surface area contributed by atoms with E-state index >= 15 is 0 Å². The van der Waals surface area contributed by atoms with E-state index in [0.29, 0.717) is 4.99 Å². The zero-order chi connectivity index (χ0) is 13.1. The number of nitrogens with zero attached hydrogens (tertiary/aromatic N) is 2. The lowest BCUT2D eigenvalue weighted by Crippen LogP contribution is -2.51. The highest BCUT2D eigenvalue weighted by atomic mass is 32.1. The number of thiocarbonyl (C=S) groups is 1. The van der Waals surface area contributed by atoms with Crippen LogP contribution in [0.4, 0.5) is 0 Å². The minimum absolute atomic E-state index is 0.000332. The quantitative estimate of drug-likeness (QED) is 0.848. The predicted octanol–water partition coefficient (Wildman–Crippen LogP) is 1.24. The monoisotopic (exact) mass is 283 g/mol. The summed E-state index contributed by atoms with van der Waals surface area (Å²) in [5.41, 5.74) is 7.02. The Balaban J connectivity index is 2.06. The Morgan fingerprint density at radius 3 is 2.56 bits per heavy atom. The van der Waals surface area contributed by atoms with E-state index in [2.05, 4.69) is 16.3 Å². The van der Waals surface area contributed by atoms with E-state index in [4.69, 9.17) is 18.0 Å². The molecule has 98 valence electrons. The van der Waals surface area contributed by atoms with Gasteiger partial charge in [-0.1, -0.05) is 12.2 Å². The Morgan fingerprint density at radius 1 is 1.44 bits per heavy atom. The van der Waals surface area contributed by atoms with Crippen LogP contribution in [0.3, 0.4) is 0 Å². The van der Waals surface area contributed by atoms with Crippen molar-refractivity contribution in [1.29, 1.82) is 0 Å². The third-order valence-electron chi connectivity index (χ3n) is 3.25. The van der Waals surface area contributed by atoms with E-state index < -0.39 is 0 Å². The molecule has 1 saturated heterocycles. The summed E-state index contributed by atoms with van der Waals surface area (Å²) in [7, 11) is 0. The number of hydrogen-bond acceptors (Lipinski definition) is 4. The molecule has 1 aromatic rings. The van der Waals surface area contributed by atoms with Gasteiger partial charge in [0.1, 0.15) is 0 Å². The molecule has 18 heavy (non-hydrogen) atoms. The lowest BCUT2D eigenvalue weighted by atomic mass is 10.1. The van der Waals surface area contributed by atoms with Crippen molar-refractivity contribution in [2.75, 3.05) is 26.2 Å². The molecule has 2 heterocycles. The first-order valence-corrected chi connectivity index (χ1v) is 7.25. The average molecular weight is 283 g/mol. The van der Waals surface area contributed by atoms with Crippen molar-refractivity contribution in [3.8, 4) is 0 Å². The van der Waals surface area contributed by atoms with Gasteiger partial charge in [-0.3, -0.25) is 9.69 Å². The summed E-state index contributed by atoms with van der Waals surface area (Å²) in [6.07, 6.45) is 0. The first-order valence-electron chi connectivity index (χ1n) is 5.90. The Hall–Kier alpha value is -0.980. The number of carbonyl (C=O) groups is 1. The lowest BCUT2D eigenvalue weighted by Gasteiger charge is -2.38. The Bertz CT molecular complexity index is 425. The van der Waals surface area contributed by atoms with E-state index in [1.807, 2.05) is 10.3 Å². The van der Waals surface area contributed by atoms with Crippen molar-refractivity contribution in [3.63, 3.8) is 0 Å². The molecular weight excluding hydrogens is 266 g/mol. The number of piperazine rings is 1. The van der Waals surface area contributed by atoms with Gasteiger partial charge in [0, 0.05) is 33.1 Å². The molecule has 1 aromatic heterocycles. The number of hydrogen-bond donors (Lipinski definition) is 1. The second kappa shape index (κ2) is 5.77. The van der Waals surface area contributed by atoms with Crippen molar-refractivity contribution in [2.45, 2.75) is 13.0 Å². The van der Waals surface area contributed by atoms with E-state index in [1.54, 1.807) is 18.3 Å². The van der Waals surface area contributed by atoms with Gasteiger partial charge in [0.15, 0.2) is 0 Å². The van der Waals surface area contributed by atoms with Crippen molar-refractivity contribution in [2.24, 2.45) is 5.73 Å². The van der Waals surface area contributed by atoms with Crippen LogP contribution < -0.4 is 5.73 Å². The molecule has 0 bridgehead atoms. The molecule has 0 aromatic carbocycles. The number of thiophene rings is 1. The van der Waals surface area contributed by atoms with Crippen LogP contribution in [0.25, 0.3) is 0 Å². The van der Waals surface area contributed by atoms with Gasteiger partial charge in [-0.15, -0.1) is 0 Å². The normalized spacial score (nSPS) is 18.6. The summed E-state index contributed by atoms with van der Waals surface area (Å²) in [6.45, 7) is 4.74. The molecule has 4 nitrogen and oxygen atoms in total. The van der Waals surface area contributed by atoms with Crippen LogP contribution in [-0.2, 0) is 4.79 Å². The van der Waals surface area contributed by atoms with E-state index in [0.717, 1.165) is 31.7 Å². The summed E-state index contributed by atoms with van der Waals surface area (Å²) in [5.74, 6) is 0.136. The van der Waals surface area contributed by atoms with Gasteiger partial charge < -0.3 is 10.6 Å². The van der Waals surface area contributed by atoms with Gasteiger partial charge in [0.05, 0.1) is 11.0 Å². The highest BCUT2D eigenvalue weighted by molar-refractivity contribution is 7.80. The topological polar surface area (TPSA) is 49.6 Å². The average Bonchev–Trinajstić information content (AvgIpc) is 2.83. The van der Waals surface area contributed by atoms with Gasteiger partial charge >= 0.3 is 0 Å². The van der Waals surface area contributed by atoms with Gasteiger partial charge in [-0.2, -0.15) is 11.3 Å². The first kappa shape index (κ1) is 13.5. The number of nitrogens with two attached hydrogens (primary N) is 1. The summed E-state index contributed by atoms with van der Waals surface area (Å²) < 4.78 is 0. The maximum atomic E-state index is 11.3. The highest BCUT2D eigenvalue weighted by Gasteiger charge is 2.27. The summed E-state index contributed by atoms with van der Waals surface area (Å²) in [4.78, 5) is 15.9. The SMILES string of the molecule is CC(=O)N1CCN(C(C(N)=S)c2ccsc2)CC1. The molecule has 1 fully saturated rings. The van der Waals surface area contributed by atoms with Crippen LogP contribution in [0, 0.1) is 0 Å². The summed E-state index contributed by atoms with van der Waals surface area (Å²) in [5, 5.41) is 4.12. The fourth-order valence-corrected chi connectivity index (χ4v) is 3.24. The Labute approximate surface area is 116 Å². The van der Waals surface area contributed by atoms with Crippen LogP contribution >= 0.6 is 23.6 Å². The van der Waals surface area contributed by atoms with Crippen molar-refractivity contribution < 1.29 is 4.79 Å². The second-order valence-corrected chi connectivity index (χ2v) is 5.66. The second-order valence-electron chi connectivity index (χ2n) is 4.40. The maximum Gasteiger partial charge on any atom is 0.219 e. The molecule has 0 spiro atoms. The maximum absolute atomic E-state index is 11.3. The predicted molar refractivity (Wildman–Crippen MR) is 77.7 cm³/mol. The highest BCUT2D eigenvalue weighted by Crippen LogP contribution is 2.24. The molecule has 0 aliphatic carbocycles. The molecule has 2 N–H and O–H groups in total. The molecule has 0 radical (unpaired) electrons. The number of amides is 1. The third kappa shape index (κ3) is 2.88. The van der Waals surface area contributed by atoms with Crippen molar-refractivity contribution >= 4 is 34.5 Å². The molecule has 6 heteroatoms. The first-order chi connectivity index (χ1) is 8.59. The van der Waals surface area contributed by atoms with E-state index in [9.17, 15) is 4.79 Å². The zero-order valence-electron chi connectivity index (χ0n) is 10.3. The minimum atomic E-state index is 0.000332. The Kier molecular flexibility index (Phi) is 4.31. The fourth-order valence-electron chi connectivity index (χ4n) is 2.28. The largest absolute Gasteiger partial charge is 0.392 e. The minimum Gasteiger partial charge on any atom is -0.392 e. The standard InChI is InChI=1S/C12H17N3OS2/c1-9(16)14-3-5-15(6-4-14)11(12(13)17)10-2-7-18-8-10/h2,7-8,11H,3-6H2,1H3,(H2,13,17). The van der Waals surface area contributed by atoms with Crippen LogP contribution in [0.15, 0.2) is 16.8 Å². The van der Waals surface area contributed by atoms with Gasteiger partial charge in [-0.25, -0.2) is 0 Å². The molecule has 1 aliphatic heterocycles. The molecule has 2 rings (SSSR count). The molecule has 1 atom stereocenters. The lowest BCUT2D eigenvalue weighted by molar-refractivity contribution is -0.130.